The lowest BCUT2D eigenvalue weighted by Crippen LogP contribution is -2.24. The molecule has 6 heteroatoms. The highest BCUT2D eigenvalue weighted by Gasteiger charge is 2.20. The number of ether oxygens (including phenoxy) is 1. The number of H-pyrrole nitrogens is 1. The number of carbonyl (C=O) groups excluding carboxylic acids is 3. The van der Waals surface area contributed by atoms with Crippen LogP contribution in [0.1, 0.15) is 41.6 Å². The summed E-state index contributed by atoms with van der Waals surface area (Å²) in [5, 5.41) is 2.75. The summed E-state index contributed by atoms with van der Waals surface area (Å²) in [4.78, 5) is 38.5. The average Bonchev–Trinajstić information content (AvgIpc) is 3.09. The van der Waals surface area contributed by atoms with E-state index in [1.54, 1.807) is 56.4 Å². The van der Waals surface area contributed by atoms with E-state index in [9.17, 15) is 14.4 Å². The van der Waals surface area contributed by atoms with Crippen molar-refractivity contribution in [2.24, 2.45) is 5.92 Å². The molecule has 1 amide bonds. The SMILES string of the molecule is CC(C)C(=O)Nc1ccc(C(=O)[C@H](C)OC(=O)c2ccc[nH]2)cc1. The number of esters is 1. The molecule has 0 bridgehead atoms. The largest absolute Gasteiger partial charge is 0.450 e. The lowest BCUT2D eigenvalue weighted by atomic mass is 10.1. The van der Waals surface area contributed by atoms with E-state index in [-0.39, 0.29) is 17.6 Å². The lowest BCUT2D eigenvalue weighted by molar-refractivity contribution is -0.118. The Morgan fingerprint density at radius 1 is 1.04 bits per heavy atom. The van der Waals surface area contributed by atoms with E-state index in [1.807, 2.05) is 0 Å². The first-order chi connectivity index (χ1) is 11.4. The van der Waals surface area contributed by atoms with Gasteiger partial charge in [0.25, 0.3) is 0 Å². The van der Waals surface area contributed by atoms with Crippen LogP contribution in [0.5, 0.6) is 0 Å². The number of ketones is 1. The second kappa shape index (κ2) is 7.59. The van der Waals surface area contributed by atoms with Crippen LogP contribution in [0, 0.1) is 5.92 Å². The molecule has 1 aromatic carbocycles. The Labute approximate surface area is 140 Å². The van der Waals surface area contributed by atoms with Gasteiger partial charge in [0.1, 0.15) is 5.69 Å². The quantitative estimate of drug-likeness (QED) is 0.630. The molecule has 0 fully saturated rings. The molecule has 0 radical (unpaired) electrons. The number of carbonyl (C=O) groups is 3. The molecule has 0 saturated heterocycles. The Bertz CT molecular complexity index is 718. The molecule has 2 N–H and O–H groups in total. The number of amides is 1. The van der Waals surface area contributed by atoms with E-state index in [0.29, 0.717) is 16.9 Å². The summed E-state index contributed by atoms with van der Waals surface area (Å²) in [5.41, 5.74) is 1.31. The van der Waals surface area contributed by atoms with Crippen molar-refractivity contribution in [1.82, 2.24) is 4.98 Å². The zero-order valence-corrected chi connectivity index (χ0v) is 13.8. The zero-order valence-electron chi connectivity index (χ0n) is 13.8. The van der Waals surface area contributed by atoms with Gasteiger partial charge in [0.2, 0.25) is 11.7 Å². The van der Waals surface area contributed by atoms with Gasteiger partial charge in [0.05, 0.1) is 0 Å². The molecule has 0 spiro atoms. The molecule has 1 atom stereocenters. The van der Waals surface area contributed by atoms with Gasteiger partial charge in [-0.05, 0) is 43.3 Å². The average molecular weight is 328 g/mol. The Kier molecular flexibility index (Phi) is 5.52. The van der Waals surface area contributed by atoms with Crippen LogP contribution in [0.25, 0.3) is 0 Å². The third-order valence-electron chi connectivity index (χ3n) is 3.43. The van der Waals surface area contributed by atoms with Crippen LogP contribution in [0.2, 0.25) is 0 Å². The fraction of sp³-hybridized carbons (Fsp3) is 0.278. The minimum Gasteiger partial charge on any atom is -0.450 e. The maximum Gasteiger partial charge on any atom is 0.355 e. The molecule has 0 unspecified atom stereocenters. The number of hydrogen-bond donors (Lipinski definition) is 2. The van der Waals surface area contributed by atoms with Gasteiger partial charge in [-0.15, -0.1) is 0 Å². The molecule has 126 valence electrons. The maximum absolute atomic E-state index is 12.3. The summed E-state index contributed by atoms with van der Waals surface area (Å²) in [7, 11) is 0. The standard InChI is InChI=1S/C18H20N2O4/c1-11(2)17(22)20-14-8-6-13(7-9-14)16(21)12(3)24-18(23)15-5-4-10-19-15/h4-12,19H,1-3H3,(H,20,22)/t12-/m0/s1. The number of Topliss-reactive ketones (excluding diaryl/α,β-unsaturated/α-hetero) is 1. The van der Waals surface area contributed by atoms with Crippen molar-refractivity contribution in [3.05, 3.63) is 53.9 Å². The predicted molar refractivity (Wildman–Crippen MR) is 89.9 cm³/mol. The van der Waals surface area contributed by atoms with Crippen LogP contribution in [0.3, 0.4) is 0 Å². The number of hydrogen-bond acceptors (Lipinski definition) is 4. The minimum absolute atomic E-state index is 0.0951. The van der Waals surface area contributed by atoms with Gasteiger partial charge in [0.15, 0.2) is 6.10 Å². The molecule has 6 nitrogen and oxygen atoms in total. The van der Waals surface area contributed by atoms with Gasteiger partial charge in [0, 0.05) is 23.4 Å². The van der Waals surface area contributed by atoms with Crippen molar-refractivity contribution in [3.8, 4) is 0 Å². The van der Waals surface area contributed by atoms with E-state index in [0.717, 1.165) is 0 Å². The molecule has 0 aliphatic rings. The van der Waals surface area contributed by atoms with Crippen molar-refractivity contribution in [3.63, 3.8) is 0 Å². The first kappa shape index (κ1) is 17.5. The zero-order chi connectivity index (χ0) is 17.7. The Morgan fingerprint density at radius 2 is 1.71 bits per heavy atom. The summed E-state index contributed by atoms with van der Waals surface area (Å²) in [5.74, 6) is -1.11. The lowest BCUT2D eigenvalue weighted by Gasteiger charge is -2.12. The second-order valence-corrected chi connectivity index (χ2v) is 5.72. The van der Waals surface area contributed by atoms with Gasteiger partial charge >= 0.3 is 5.97 Å². The van der Waals surface area contributed by atoms with E-state index in [2.05, 4.69) is 10.3 Å². The van der Waals surface area contributed by atoms with E-state index < -0.39 is 12.1 Å². The molecule has 0 aliphatic heterocycles. The number of benzene rings is 1. The summed E-state index contributed by atoms with van der Waals surface area (Å²) < 4.78 is 5.15. The van der Waals surface area contributed by atoms with Gasteiger partial charge in [-0.1, -0.05) is 13.8 Å². The third-order valence-corrected chi connectivity index (χ3v) is 3.43. The molecular weight excluding hydrogens is 308 g/mol. The summed E-state index contributed by atoms with van der Waals surface area (Å²) in [6, 6.07) is 9.73. The van der Waals surface area contributed by atoms with E-state index in [4.69, 9.17) is 4.74 Å². The van der Waals surface area contributed by atoms with Gasteiger partial charge in [-0.2, -0.15) is 0 Å². The van der Waals surface area contributed by atoms with Crippen molar-refractivity contribution in [2.45, 2.75) is 26.9 Å². The normalized spacial score (nSPS) is 11.8. The maximum atomic E-state index is 12.3. The Morgan fingerprint density at radius 3 is 2.25 bits per heavy atom. The van der Waals surface area contributed by atoms with Crippen molar-refractivity contribution in [1.29, 1.82) is 0 Å². The Hall–Kier alpha value is -2.89. The fourth-order valence-corrected chi connectivity index (χ4v) is 1.97. The number of aromatic amines is 1. The van der Waals surface area contributed by atoms with Crippen molar-refractivity contribution in [2.75, 3.05) is 5.32 Å². The smallest absolute Gasteiger partial charge is 0.355 e. The van der Waals surface area contributed by atoms with Crippen LogP contribution >= 0.6 is 0 Å². The molecule has 2 rings (SSSR count). The second-order valence-electron chi connectivity index (χ2n) is 5.72. The van der Waals surface area contributed by atoms with Crippen LogP contribution in [0.4, 0.5) is 5.69 Å². The first-order valence-corrected chi connectivity index (χ1v) is 7.68. The van der Waals surface area contributed by atoms with Crippen LogP contribution < -0.4 is 5.32 Å². The minimum atomic E-state index is -0.906. The van der Waals surface area contributed by atoms with Gasteiger partial charge < -0.3 is 15.0 Å². The predicted octanol–water partition coefficient (Wildman–Crippen LogP) is 3.04. The molecule has 1 heterocycles. The molecule has 2 aromatic rings. The third kappa shape index (κ3) is 4.32. The number of aromatic nitrogens is 1. The van der Waals surface area contributed by atoms with E-state index in [1.165, 1.54) is 6.92 Å². The summed E-state index contributed by atoms with van der Waals surface area (Å²) >= 11 is 0. The number of anilines is 1. The topological polar surface area (TPSA) is 88.3 Å². The number of rotatable bonds is 6. The van der Waals surface area contributed by atoms with Crippen molar-refractivity contribution >= 4 is 23.3 Å². The summed E-state index contributed by atoms with van der Waals surface area (Å²) in [6.45, 7) is 5.12. The highest BCUT2D eigenvalue weighted by Crippen LogP contribution is 2.14. The molecule has 1 aromatic heterocycles. The first-order valence-electron chi connectivity index (χ1n) is 7.68. The molecular formula is C18H20N2O4. The highest BCUT2D eigenvalue weighted by atomic mass is 16.5. The van der Waals surface area contributed by atoms with Gasteiger partial charge in [-0.25, -0.2) is 4.79 Å². The monoisotopic (exact) mass is 328 g/mol. The highest BCUT2D eigenvalue weighted by molar-refractivity contribution is 6.01. The summed E-state index contributed by atoms with van der Waals surface area (Å²) in [6.07, 6.45) is 0.699. The van der Waals surface area contributed by atoms with Crippen molar-refractivity contribution < 1.29 is 19.1 Å². The van der Waals surface area contributed by atoms with Crippen LogP contribution in [-0.4, -0.2) is 28.7 Å². The van der Waals surface area contributed by atoms with Crippen LogP contribution in [0.15, 0.2) is 42.6 Å². The fourth-order valence-electron chi connectivity index (χ4n) is 1.97. The van der Waals surface area contributed by atoms with Crippen LogP contribution in [-0.2, 0) is 9.53 Å². The van der Waals surface area contributed by atoms with Gasteiger partial charge in [-0.3, -0.25) is 9.59 Å². The number of nitrogens with one attached hydrogen (secondary N) is 2. The molecule has 24 heavy (non-hydrogen) atoms. The Balaban J connectivity index is 1.99. The molecule has 0 aliphatic carbocycles. The van der Waals surface area contributed by atoms with E-state index >= 15 is 0 Å². The molecule has 0 saturated carbocycles.